The van der Waals surface area contributed by atoms with Crippen molar-refractivity contribution in [1.82, 2.24) is 9.55 Å². The van der Waals surface area contributed by atoms with Gasteiger partial charge < -0.3 is 14.8 Å². The van der Waals surface area contributed by atoms with Crippen LogP contribution in [0.15, 0.2) is 6.20 Å². The smallest absolute Gasteiger partial charge is 0.309 e. The molecule has 0 aromatic carbocycles. The van der Waals surface area contributed by atoms with Crippen LogP contribution in [-0.2, 0) is 24.2 Å². The van der Waals surface area contributed by atoms with Crippen molar-refractivity contribution in [1.29, 1.82) is 0 Å². The molecule has 5 nitrogen and oxygen atoms in total. The van der Waals surface area contributed by atoms with Crippen LogP contribution in [0.3, 0.4) is 0 Å². The molecule has 1 unspecified atom stereocenters. The zero-order valence-corrected chi connectivity index (χ0v) is 7.68. The van der Waals surface area contributed by atoms with E-state index in [2.05, 4.69) is 4.98 Å². The van der Waals surface area contributed by atoms with Gasteiger partial charge in [-0.3, -0.25) is 4.79 Å². The second-order valence-corrected chi connectivity index (χ2v) is 3.53. The first-order valence-corrected chi connectivity index (χ1v) is 4.60. The van der Waals surface area contributed by atoms with Crippen LogP contribution in [0.1, 0.15) is 17.9 Å². The Labute approximate surface area is 81.0 Å². The highest BCUT2D eigenvalue weighted by Crippen LogP contribution is 2.16. The quantitative estimate of drug-likeness (QED) is 0.687. The Balaban J connectivity index is 2.24. The molecule has 1 aromatic rings. The van der Waals surface area contributed by atoms with Gasteiger partial charge in [0.25, 0.3) is 0 Å². The van der Waals surface area contributed by atoms with Crippen LogP contribution in [0.2, 0.25) is 0 Å². The van der Waals surface area contributed by atoms with E-state index in [4.69, 9.17) is 5.11 Å². The van der Waals surface area contributed by atoms with Crippen LogP contribution in [0.25, 0.3) is 0 Å². The standard InChI is InChI=1S/C9H12N2O3/c12-7-1-2-11-6(3-9(13)14)5-10-8(11)4-7/h5,7,12H,1-4H2,(H,13,14). The number of aliphatic hydroxyl groups excluding tert-OH is 1. The van der Waals surface area contributed by atoms with Crippen molar-refractivity contribution in [2.45, 2.75) is 31.9 Å². The van der Waals surface area contributed by atoms with E-state index in [1.807, 2.05) is 4.57 Å². The average molecular weight is 196 g/mol. The molecule has 2 N–H and O–H groups in total. The predicted molar refractivity (Wildman–Crippen MR) is 47.9 cm³/mol. The zero-order valence-electron chi connectivity index (χ0n) is 7.68. The van der Waals surface area contributed by atoms with Gasteiger partial charge in [-0.15, -0.1) is 0 Å². The topological polar surface area (TPSA) is 75.3 Å². The molecule has 1 aliphatic rings. The summed E-state index contributed by atoms with van der Waals surface area (Å²) in [6, 6.07) is 0. The second kappa shape index (κ2) is 3.42. The van der Waals surface area contributed by atoms with Crippen molar-refractivity contribution in [3.8, 4) is 0 Å². The van der Waals surface area contributed by atoms with Gasteiger partial charge in [-0.1, -0.05) is 0 Å². The van der Waals surface area contributed by atoms with Gasteiger partial charge in [-0.05, 0) is 6.42 Å². The Bertz CT molecular complexity index is 359. The van der Waals surface area contributed by atoms with Crippen LogP contribution in [-0.4, -0.2) is 31.8 Å². The molecule has 0 saturated heterocycles. The molecule has 0 amide bonds. The second-order valence-electron chi connectivity index (χ2n) is 3.53. The maximum atomic E-state index is 10.5. The molecule has 0 bridgehead atoms. The minimum atomic E-state index is -0.848. The number of hydrogen-bond acceptors (Lipinski definition) is 3. The minimum absolute atomic E-state index is 0.00307. The number of aliphatic carboxylic acids is 1. The molecule has 0 aliphatic carbocycles. The Morgan fingerprint density at radius 2 is 2.50 bits per heavy atom. The fourth-order valence-electron chi connectivity index (χ4n) is 1.78. The molecular weight excluding hydrogens is 184 g/mol. The number of imidazole rings is 1. The van der Waals surface area contributed by atoms with Crippen LogP contribution < -0.4 is 0 Å². The van der Waals surface area contributed by atoms with Crippen LogP contribution >= 0.6 is 0 Å². The van der Waals surface area contributed by atoms with Gasteiger partial charge in [0.15, 0.2) is 0 Å². The van der Waals surface area contributed by atoms with Gasteiger partial charge in [0.05, 0.1) is 12.5 Å². The number of nitrogens with zero attached hydrogens (tertiary/aromatic N) is 2. The first-order chi connectivity index (χ1) is 6.66. The molecule has 0 spiro atoms. The van der Waals surface area contributed by atoms with Gasteiger partial charge in [0.2, 0.25) is 0 Å². The van der Waals surface area contributed by atoms with Crippen molar-refractivity contribution < 1.29 is 15.0 Å². The number of carboxylic acids is 1. The van der Waals surface area contributed by atoms with Crippen LogP contribution in [0.4, 0.5) is 0 Å². The average Bonchev–Trinajstić information content (AvgIpc) is 2.47. The van der Waals surface area contributed by atoms with E-state index in [1.165, 1.54) is 0 Å². The monoisotopic (exact) mass is 196 g/mol. The Morgan fingerprint density at radius 1 is 1.71 bits per heavy atom. The molecular formula is C9H12N2O3. The molecule has 1 atom stereocenters. The Morgan fingerprint density at radius 3 is 3.21 bits per heavy atom. The van der Waals surface area contributed by atoms with E-state index in [-0.39, 0.29) is 12.5 Å². The normalized spacial score (nSPS) is 20.5. The summed E-state index contributed by atoms with van der Waals surface area (Å²) < 4.78 is 1.89. The SMILES string of the molecule is O=C(O)Cc1cnc2n1CCC(O)C2. The van der Waals surface area contributed by atoms with Crippen LogP contribution in [0, 0.1) is 0 Å². The van der Waals surface area contributed by atoms with Crippen molar-refractivity contribution in [2.24, 2.45) is 0 Å². The lowest BCUT2D eigenvalue weighted by Gasteiger charge is -2.20. The first-order valence-electron chi connectivity index (χ1n) is 4.60. The van der Waals surface area contributed by atoms with E-state index in [0.717, 1.165) is 11.5 Å². The molecule has 0 fully saturated rings. The number of fused-ring (bicyclic) bond motifs is 1. The molecule has 0 radical (unpaired) electrons. The lowest BCUT2D eigenvalue weighted by atomic mass is 10.1. The van der Waals surface area contributed by atoms with Gasteiger partial charge in [0.1, 0.15) is 5.82 Å². The molecule has 14 heavy (non-hydrogen) atoms. The Kier molecular flexibility index (Phi) is 2.25. The van der Waals surface area contributed by atoms with E-state index in [9.17, 15) is 9.90 Å². The summed E-state index contributed by atoms with van der Waals surface area (Å²) in [4.78, 5) is 14.6. The summed E-state index contributed by atoms with van der Waals surface area (Å²) in [6.07, 6.45) is 2.46. The van der Waals surface area contributed by atoms with Crippen molar-refractivity contribution in [2.75, 3.05) is 0 Å². The summed E-state index contributed by atoms with van der Waals surface area (Å²) in [5.74, 6) is -0.0566. The number of hydrogen-bond donors (Lipinski definition) is 2. The highest BCUT2D eigenvalue weighted by molar-refractivity contribution is 5.69. The number of carbonyl (C=O) groups is 1. The van der Waals surface area contributed by atoms with Crippen molar-refractivity contribution >= 4 is 5.97 Å². The maximum absolute atomic E-state index is 10.5. The fourth-order valence-corrected chi connectivity index (χ4v) is 1.78. The number of aromatic nitrogens is 2. The van der Waals surface area contributed by atoms with Crippen LogP contribution in [0.5, 0.6) is 0 Å². The lowest BCUT2D eigenvalue weighted by Crippen LogP contribution is -2.24. The van der Waals surface area contributed by atoms with Crippen molar-refractivity contribution in [3.05, 3.63) is 17.7 Å². The van der Waals surface area contributed by atoms with Crippen molar-refractivity contribution in [3.63, 3.8) is 0 Å². The third-order valence-corrected chi connectivity index (χ3v) is 2.46. The van der Waals surface area contributed by atoms with E-state index in [0.29, 0.717) is 19.4 Å². The Hall–Kier alpha value is -1.36. The van der Waals surface area contributed by atoms with Gasteiger partial charge >= 0.3 is 5.97 Å². The highest BCUT2D eigenvalue weighted by atomic mass is 16.4. The first kappa shape index (κ1) is 9.21. The molecule has 5 heteroatoms. The largest absolute Gasteiger partial charge is 0.481 e. The zero-order chi connectivity index (χ0) is 10.1. The number of rotatable bonds is 2. The van der Waals surface area contributed by atoms with Gasteiger partial charge in [-0.25, -0.2) is 4.98 Å². The number of carboxylic acid groups (broad SMARTS) is 1. The van der Waals surface area contributed by atoms with E-state index in [1.54, 1.807) is 6.20 Å². The number of aliphatic hydroxyl groups is 1. The minimum Gasteiger partial charge on any atom is -0.481 e. The third-order valence-electron chi connectivity index (χ3n) is 2.46. The third kappa shape index (κ3) is 1.63. The summed E-state index contributed by atoms with van der Waals surface area (Å²) in [5.41, 5.74) is 0.722. The predicted octanol–water partition coefficient (Wildman–Crippen LogP) is -0.183. The molecule has 2 rings (SSSR count). The fraction of sp³-hybridized carbons (Fsp3) is 0.556. The summed E-state index contributed by atoms with van der Waals surface area (Å²) in [7, 11) is 0. The summed E-state index contributed by atoms with van der Waals surface area (Å²) in [5, 5.41) is 18.0. The summed E-state index contributed by atoms with van der Waals surface area (Å²) in [6.45, 7) is 0.666. The highest BCUT2D eigenvalue weighted by Gasteiger charge is 2.20. The van der Waals surface area contributed by atoms with Gasteiger partial charge in [-0.2, -0.15) is 0 Å². The molecule has 0 saturated carbocycles. The van der Waals surface area contributed by atoms with Gasteiger partial charge in [0, 0.05) is 24.9 Å². The van der Waals surface area contributed by atoms with E-state index < -0.39 is 5.97 Å². The van der Waals surface area contributed by atoms with E-state index >= 15 is 0 Å². The molecule has 76 valence electrons. The molecule has 1 aromatic heterocycles. The maximum Gasteiger partial charge on any atom is 0.309 e. The summed E-state index contributed by atoms with van der Waals surface area (Å²) >= 11 is 0. The molecule has 1 aliphatic heterocycles. The molecule has 2 heterocycles. The lowest BCUT2D eigenvalue weighted by molar-refractivity contribution is -0.136.